The average Bonchev–Trinajstić information content (AvgIpc) is 3.32. The topological polar surface area (TPSA) is 93.8 Å². The highest BCUT2D eigenvalue weighted by Gasteiger charge is 2.53. The maximum absolute atomic E-state index is 13.2. The molecule has 4 fully saturated rings. The molecule has 2 N–H and O–H groups in total. The number of oxazole rings is 1. The third-order valence-electron chi connectivity index (χ3n) is 8.74. The van der Waals surface area contributed by atoms with Crippen molar-refractivity contribution in [3.63, 3.8) is 0 Å². The second-order valence-electron chi connectivity index (χ2n) is 11.0. The van der Waals surface area contributed by atoms with Crippen LogP contribution >= 0.6 is 11.6 Å². The Morgan fingerprint density at radius 3 is 2.51 bits per heavy atom. The van der Waals surface area contributed by atoms with Gasteiger partial charge in [-0.2, -0.15) is 0 Å². The van der Waals surface area contributed by atoms with E-state index in [-0.39, 0.29) is 42.0 Å². The molecule has 0 unspecified atom stereocenters. The molecule has 4 aliphatic carbocycles. The van der Waals surface area contributed by atoms with Crippen molar-refractivity contribution in [3.8, 4) is 5.75 Å². The molecule has 200 valence electrons. The summed E-state index contributed by atoms with van der Waals surface area (Å²) in [6, 6.07) is 5.00. The number of rotatable bonds is 5. The van der Waals surface area contributed by atoms with Crippen LogP contribution < -0.4 is 10.1 Å². The molecule has 1 amide bonds. The molecular formula is C26H28ClF3N2O5. The Bertz CT molecular complexity index is 1170. The number of aliphatic hydroxyl groups excluding tert-OH is 1. The number of hydrogen-bond donors (Lipinski definition) is 2. The number of nitrogens with one attached hydrogen (secondary N) is 1. The minimum absolute atomic E-state index is 0.109. The summed E-state index contributed by atoms with van der Waals surface area (Å²) in [5, 5.41) is 14.3. The maximum atomic E-state index is 13.2. The summed E-state index contributed by atoms with van der Waals surface area (Å²) < 4.78 is 53.3. The van der Waals surface area contributed by atoms with Gasteiger partial charge in [0.1, 0.15) is 11.5 Å². The van der Waals surface area contributed by atoms with E-state index in [1.54, 1.807) is 24.4 Å². The van der Waals surface area contributed by atoms with Crippen molar-refractivity contribution in [2.75, 3.05) is 0 Å². The van der Waals surface area contributed by atoms with Crippen LogP contribution in [0.25, 0.3) is 0 Å². The van der Waals surface area contributed by atoms with Crippen molar-refractivity contribution in [3.05, 3.63) is 46.6 Å². The molecule has 0 saturated heterocycles. The number of alkyl halides is 3. The van der Waals surface area contributed by atoms with E-state index in [4.69, 9.17) is 20.8 Å². The van der Waals surface area contributed by atoms with Crippen LogP contribution in [0.15, 0.2) is 28.8 Å². The SMILES string of the molecule is O=C(NC12CCC(c3ncc([C@H]4C[C@@H](OC(F)(F)F)C4)o3)(CC1)CC2)[C@H]1C[C@@H](O)c2cc(Cl)ccc2O1. The zero-order chi connectivity index (χ0) is 26.0. The highest BCUT2D eigenvalue weighted by atomic mass is 35.5. The number of amides is 1. The number of carbonyl (C=O) groups excluding carboxylic acids is 1. The largest absolute Gasteiger partial charge is 0.522 e. The Hall–Kier alpha value is -2.30. The van der Waals surface area contributed by atoms with Gasteiger partial charge in [0, 0.05) is 33.9 Å². The second-order valence-corrected chi connectivity index (χ2v) is 11.4. The molecular weight excluding hydrogens is 513 g/mol. The van der Waals surface area contributed by atoms with Crippen molar-refractivity contribution < 1.29 is 37.0 Å². The predicted octanol–water partition coefficient (Wildman–Crippen LogP) is 5.46. The maximum Gasteiger partial charge on any atom is 0.522 e. The van der Waals surface area contributed by atoms with Crippen molar-refractivity contribution >= 4 is 17.5 Å². The molecule has 1 aliphatic heterocycles. The van der Waals surface area contributed by atoms with E-state index < -0.39 is 24.7 Å². The normalized spacial score (nSPS) is 34.8. The third-order valence-corrected chi connectivity index (χ3v) is 8.97. The van der Waals surface area contributed by atoms with E-state index in [1.807, 2.05) is 0 Å². The first-order chi connectivity index (χ1) is 17.5. The van der Waals surface area contributed by atoms with Crippen LogP contribution in [0.5, 0.6) is 5.75 Å². The van der Waals surface area contributed by atoms with Crippen LogP contribution in [-0.4, -0.2) is 40.1 Å². The summed E-state index contributed by atoms with van der Waals surface area (Å²) in [5.74, 6) is 1.40. The van der Waals surface area contributed by atoms with E-state index in [2.05, 4.69) is 15.0 Å². The quantitative estimate of drug-likeness (QED) is 0.523. The lowest BCUT2D eigenvalue weighted by atomic mass is 9.57. The fourth-order valence-electron chi connectivity index (χ4n) is 6.42. The van der Waals surface area contributed by atoms with Gasteiger partial charge in [0.05, 0.1) is 18.4 Å². The molecule has 7 nitrogen and oxygen atoms in total. The van der Waals surface area contributed by atoms with E-state index >= 15 is 0 Å². The monoisotopic (exact) mass is 540 g/mol. The van der Waals surface area contributed by atoms with Gasteiger partial charge in [-0.05, 0) is 69.6 Å². The molecule has 4 saturated carbocycles. The number of aromatic nitrogens is 1. The molecule has 0 spiro atoms. The Kier molecular flexibility index (Phi) is 6.00. The number of aliphatic hydroxyl groups is 1. The van der Waals surface area contributed by atoms with E-state index in [9.17, 15) is 23.1 Å². The predicted molar refractivity (Wildman–Crippen MR) is 125 cm³/mol. The lowest BCUT2D eigenvalue weighted by Crippen LogP contribution is -2.60. The average molecular weight is 541 g/mol. The van der Waals surface area contributed by atoms with Crippen molar-refractivity contribution in [2.45, 2.75) is 99.3 Å². The Labute approximate surface area is 216 Å². The van der Waals surface area contributed by atoms with E-state index in [1.165, 1.54) is 0 Å². The first-order valence-electron chi connectivity index (χ1n) is 12.7. The van der Waals surface area contributed by atoms with Gasteiger partial charge < -0.3 is 19.6 Å². The molecule has 37 heavy (non-hydrogen) atoms. The van der Waals surface area contributed by atoms with Gasteiger partial charge in [-0.1, -0.05) is 11.6 Å². The van der Waals surface area contributed by atoms with Crippen molar-refractivity contribution in [1.29, 1.82) is 0 Å². The fourth-order valence-corrected chi connectivity index (χ4v) is 6.60. The molecule has 2 bridgehead atoms. The standard InChI is InChI=1S/C26H28ClF3N2O5/c27-15-1-2-19-17(11-15)18(33)12-20(35-19)22(34)32-25-6-3-24(4-7-25,5-8-25)23-31-13-21(36-23)14-9-16(10-14)37-26(28,29)30/h1-2,11,13-14,16,18,20,33H,3-10,12H2,(H,32,34)/t14-,16+,18-,20-,24?,25?/m1/s1. The number of carbonyl (C=O) groups is 1. The first kappa shape index (κ1) is 25.0. The van der Waals surface area contributed by atoms with Crippen LogP contribution in [-0.2, 0) is 14.9 Å². The van der Waals surface area contributed by atoms with Crippen molar-refractivity contribution in [1.82, 2.24) is 10.3 Å². The van der Waals surface area contributed by atoms with Gasteiger partial charge in [-0.3, -0.25) is 9.53 Å². The Balaban J connectivity index is 1.06. The third kappa shape index (κ3) is 4.72. The molecule has 2 aromatic rings. The van der Waals surface area contributed by atoms with Crippen LogP contribution in [0.3, 0.4) is 0 Å². The number of halogens is 4. The lowest BCUT2D eigenvalue weighted by Gasteiger charge is -2.52. The smallest absolute Gasteiger partial charge is 0.480 e. The summed E-state index contributed by atoms with van der Waals surface area (Å²) in [6.07, 6.45) is -0.0122. The minimum atomic E-state index is -4.62. The summed E-state index contributed by atoms with van der Waals surface area (Å²) in [7, 11) is 0. The van der Waals surface area contributed by atoms with Gasteiger partial charge in [-0.15, -0.1) is 13.2 Å². The molecule has 5 aliphatic rings. The molecule has 2 atom stereocenters. The molecule has 2 heterocycles. The lowest BCUT2D eigenvalue weighted by molar-refractivity contribution is -0.352. The summed E-state index contributed by atoms with van der Waals surface area (Å²) in [5.41, 5.74) is 0.0378. The van der Waals surface area contributed by atoms with Gasteiger partial charge in [0.15, 0.2) is 6.10 Å². The van der Waals surface area contributed by atoms with Gasteiger partial charge in [0.25, 0.3) is 5.91 Å². The molecule has 1 aromatic carbocycles. The van der Waals surface area contributed by atoms with Gasteiger partial charge in [-0.25, -0.2) is 4.98 Å². The number of ether oxygens (including phenoxy) is 2. The Morgan fingerprint density at radius 1 is 1.14 bits per heavy atom. The van der Waals surface area contributed by atoms with Crippen LogP contribution in [0, 0.1) is 0 Å². The number of nitrogens with zero attached hydrogens (tertiary/aromatic N) is 1. The van der Waals surface area contributed by atoms with Crippen LogP contribution in [0.1, 0.15) is 87.0 Å². The minimum Gasteiger partial charge on any atom is -0.480 e. The highest BCUT2D eigenvalue weighted by molar-refractivity contribution is 6.30. The van der Waals surface area contributed by atoms with Crippen molar-refractivity contribution in [2.24, 2.45) is 0 Å². The number of benzene rings is 1. The molecule has 0 radical (unpaired) electrons. The van der Waals surface area contributed by atoms with Crippen LogP contribution in [0.4, 0.5) is 13.2 Å². The van der Waals surface area contributed by atoms with E-state index in [0.29, 0.717) is 28.0 Å². The van der Waals surface area contributed by atoms with Gasteiger partial charge >= 0.3 is 6.36 Å². The van der Waals surface area contributed by atoms with Crippen LogP contribution in [0.2, 0.25) is 5.02 Å². The summed E-state index contributed by atoms with van der Waals surface area (Å²) >= 11 is 6.02. The fraction of sp³-hybridized carbons (Fsp3) is 0.615. The zero-order valence-corrected chi connectivity index (χ0v) is 20.8. The number of hydrogen-bond acceptors (Lipinski definition) is 6. The molecule has 7 rings (SSSR count). The summed E-state index contributed by atoms with van der Waals surface area (Å²) in [6.45, 7) is 0. The number of fused-ring (bicyclic) bond motifs is 4. The second kappa shape index (κ2) is 8.88. The zero-order valence-electron chi connectivity index (χ0n) is 20.0. The summed E-state index contributed by atoms with van der Waals surface area (Å²) in [4.78, 5) is 17.7. The van der Waals surface area contributed by atoms with E-state index in [0.717, 1.165) is 38.5 Å². The highest BCUT2D eigenvalue weighted by Crippen LogP contribution is 2.54. The Morgan fingerprint density at radius 2 is 1.84 bits per heavy atom. The molecule has 1 aromatic heterocycles. The van der Waals surface area contributed by atoms with Gasteiger partial charge in [0.2, 0.25) is 5.89 Å². The first-order valence-corrected chi connectivity index (χ1v) is 13.1. The molecule has 11 heteroatoms.